The van der Waals surface area contributed by atoms with Crippen LogP contribution >= 0.6 is 0 Å². The van der Waals surface area contributed by atoms with Crippen molar-refractivity contribution in [3.63, 3.8) is 0 Å². The minimum atomic E-state index is -0.337. The topological polar surface area (TPSA) is 84.9 Å². The van der Waals surface area contributed by atoms with Crippen LogP contribution in [0, 0.1) is 0 Å². The molecule has 5 N–H and O–H groups in total. The Morgan fingerprint density at radius 3 is 2.54 bits per heavy atom. The fourth-order valence-electron chi connectivity index (χ4n) is 1.28. The number of hydrogen-bond donors (Lipinski definition) is 3. The quantitative estimate of drug-likeness (QED) is 0.550. The van der Waals surface area contributed by atoms with E-state index in [1.165, 1.54) is 0 Å². The molecule has 13 heavy (non-hydrogen) atoms. The van der Waals surface area contributed by atoms with Crippen molar-refractivity contribution in [3.05, 3.63) is 34.6 Å². The highest BCUT2D eigenvalue weighted by atomic mass is 16.1. The Balaban J connectivity index is 3.02. The molecule has 0 unspecified atom stereocenters. The maximum atomic E-state index is 11.2. The van der Waals surface area contributed by atoms with Gasteiger partial charge in [-0.05, 0) is 6.07 Å². The summed E-state index contributed by atoms with van der Waals surface area (Å²) in [5.74, 6) is 0. The summed E-state index contributed by atoms with van der Waals surface area (Å²) in [6, 6.07) is 7.27. The third kappa shape index (κ3) is 1.03. The van der Waals surface area contributed by atoms with E-state index in [1.54, 1.807) is 6.07 Å². The molecule has 1 aromatic heterocycles. The fraction of sp³-hybridized carbons (Fsp3) is 0. The van der Waals surface area contributed by atoms with Gasteiger partial charge < -0.3 is 16.5 Å². The van der Waals surface area contributed by atoms with Crippen molar-refractivity contribution in [2.24, 2.45) is 0 Å². The number of nitrogens with one attached hydrogen (secondary N) is 1. The second-order valence-corrected chi connectivity index (χ2v) is 2.83. The van der Waals surface area contributed by atoms with Gasteiger partial charge in [-0.3, -0.25) is 4.79 Å². The number of rotatable bonds is 0. The number of pyridine rings is 1. The van der Waals surface area contributed by atoms with Gasteiger partial charge in [-0.1, -0.05) is 18.2 Å². The lowest BCUT2D eigenvalue weighted by Crippen LogP contribution is -2.14. The van der Waals surface area contributed by atoms with E-state index in [1.807, 2.05) is 18.2 Å². The van der Waals surface area contributed by atoms with Crippen LogP contribution in [-0.2, 0) is 0 Å². The summed E-state index contributed by atoms with van der Waals surface area (Å²) in [6.45, 7) is 0. The van der Waals surface area contributed by atoms with Crippen LogP contribution in [-0.4, -0.2) is 4.98 Å². The van der Waals surface area contributed by atoms with Gasteiger partial charge >= 0.3 is 0 Å². The van der Waals surface area contributed by atoms with Gasteiger partial charge in [0.25, 0.3) is 5.56 Å². The Hall–Kier alpha value is -1.97. The van der Waals surface area contributed by atoms with E-state index in [0.717, 1.165) is 5.39 Å². The Bertz CT molecular complexity index is 516. The van der Waals surface area contributed by atoms with Crippen LogP contribution in [0.2, 0.25) is 0 Å². The average molecular weight is 175 g/mol. The van der Waals surface area contributed by atoms with Crippen molar-refractivity contribution in [1.29, 1.82) is 0 Å². The summed E-state index contributed by atoms with van der Waals surface area (Å²) < 4.78 is 0. The Morgan fingerprint density at radius 1 is 1.08 bits per heavy atom. The fourth-order valence-corrected chi connectivity index (χ4v) is 1.28. The Kier molecular flexibility index (Phi) is 1.48. The van der Waals surface area contributed by atoms with E-state index in [-0.39, 0.29) is 11.2 Å². The SMILES string of the molecule is Nc1c(N)c2ccccc2[nH]c1=O. The number of nitrogen functional groups attached to an aromatic ring is 2. The molecule has 0 atom stereocenters. The van der Waals surface area contributed by atoms with Gasteiger partial charge in [-0.25, -0.2) is 0 Å². The second-order valence-electron chi connectivity index (χ2n) is 2.83. The number of nitrogens with two attached hydrogens (primary N) is 2. The lowest BCUT2D eigenvalue weighted by molar-refractivity contribution is 1.31. The first-order valence-electron chi connectivity index (χ1n) is 3.86. The first-order valence-corrected chi connectivity index (χ1v) is 3.86. The third-order valence-electron chi connectivity index (χ3n) is 2.00. The molecule has 0 aliphatic heterocycles. The van der Waals surface area contributed by atoms with Gasteiger partial charge in [-0.15, -0.1) is 0 Å². The van der Waals surface area contributed by atoms with Crippen LogP contribution in [0.15, 0.2) is 29.1 Å². The van der Waals surface area contributed by atoms with E-state index in [4.69, 9.17) is 11.5 Å². The Labute approximate surface area is 74.2 Å². The second kappa shape index (κ2) is 2.52. The molecule has 0 aliphatic rings. The first kappa shape index (κ1) is 7.67. The van der Waals surface area contributed by atoms with E-state index >= 15 is 0 Å². The van der Waals surface area contributed by atoms with E-state index in [0.29, 0.717) is 11.2 Å². The van der Waals surface area contributed by atoms with Crippen LogP contribution < -0.4 is 17.0 Å². The number of anilines is 2. The molecule has 0 radical (unpaired) electrons. The molecule has 4 heteroatoms. The van der Waals surface area contributed by atoms with Crippen molar-refractivity contribution in [2.75, 3.05) is 11.5 Å². The van der Waals surface area contributed by atoms with Crippen LogP contribution in [0.25, 0.3) is 10.9 Å². The molecule has 0 saturated carbocycles. The lowest BCUT2D eigenvalue weighted by atomic mass is 10.2. The van der Waals surface area contributed by atoms with Gasteiger partial charge in [0, 0.05) is 5.39 Å². The molecular formula is C9H9N3O. The summed E-state index contributed by atoms with van der Waals surface area (Å²) in [7, 11) is 0. The first-order chi connectivity index (χ1) is 6.20. The predicted octanol–water partition coefficient (Wildman–Crippen LogP) is 0.693. The van der Waals surface area contributed by atoms with E-state index in [2.05, 4.69) is 4.98 Å². The minimum absolute atomic E-state index is 0.0821. The summed E-state index contributed by atoms with van der Waals surface area (Å²) in [6.07, 6.45) is 0. The maximum absolute atomic E-state index is 11.2. The molecule has 0 bridgehead atoms. The standard InChI is InChI=1S/C9H9N3O/c10-7-5-3-1-2-4-6(5)12-9(13)8(7)11/h1-4H,11H2,(H3,10,12,13). The van der Waals surface area contributed by atoms with Crippen LogP contribution in [0.3, 0.4) is 0 Å². The number of hydrogen-bond acceptors (Lipinski definition) is 3. The van der Waals surface area contributed by atoms with Gasteiger partial charge in [0.15, 0.2) is 0 Å². The molecule has 1 heterocycles. The largest absolute Gasteiger partial charge is 0.396 e. The predicted molar refractivity (Wildman–Crippen MR) is 53.4 cm³/mol. The number of aromatic amines is 1. The zero-order valence-corrected chi connectivity index (χ0v) is 6.87. The number of para-hydroxylation sites is 1. The molecule has 66 valence electrons. The molecular weight excluding hydrogens is 166 g/mol. The molecule has 0 spiro atoms. The lowest BCUT2D eigenvalue weighted by Gasteiger charge is -2.03. The molecule has 0 saturated heterocycles. The molecule has 0 amide bonds. The van der Waals surface area contributed by atoms with Crippen molar-refractivity contribution in [3.8, 4) is 0 Å². The van der Waals surface area contributed by atoms with Gasteiger partial charge in [-0.2, -0.15) is 0 Å². The Morgan fingerprint density at radius 2 is 1.77 bits per heavy atom. The zero-order chi connectivity index (χ0) is 9.42. The summed E-state index contributed by atoms with van der Waals surface area (Å²) >= 11 is 0. The zero-order valence-electron chi connectivity index (χ0n) is 6.87. The molecule has 0 fully saturated rings. The highest BCUT2D eigenvalue weighted by Gasteiger charge is 2.04. The summed E-state index contributed by atoms with van der Waals surface area (Å²) in [5.41, 5.74) is 12.0. The normalized spacial score (nSPS) is 10.5. The minimum Gasteiger partial charge on any atom is -0.396 e. The van der Waals surface area contributed by atoms with Gasteiger partial charge in [0.1, 0.15) is 5.69 Å². The number of H-pyrrole nitrogens is 1. The van der Waals surface area contributed by atoms with Gasteiger partial charge in [0.05, 0.1) is 11.2 Å². The van der Waals surface area contributed by atoms with Crippen molar-refractivity contribution >= 4 is 22.3 Å². The molecule has 1 aromatic carbocycles. The maximum Gasteiger partial charge on any atom is 0.273 e. The highest BCUT2D eigenvalue weighted by molar-refractivity contribution is 5.95. The number of fused-ring (bicyclic) bond motifs is 1. The summed E-state index contributed by atoms with van der Waals surface area (Å²) in [5, 5.41) is 0.777. The van der Waals surface area contributed by atoms with Crippen LogP contribution in [0.4, 0.5) is 11.4 Å². The van der Waals surface area contributed by atoms with Crippen LogP contribution in [0.5, 0.6) is 0 Å². The van der Waals surface area contributed by atoms with Crippen molar-refractivity contribution < 1.29 is 0 Å². The molecule has 2 aromatic rings. The smallest absolute Gasteiger partial charge is 0.273 e. The molecule has 4 nitrogen and oxygen atoms in total. The third-order valence-corrected chi connectivity index (χ3v) is 2.00. The molecule has 2 rings (SSSR count). The van der Waals surface area contributed by atoms with Crippen molar-refractivity contribution in [2.45, 2.75) is 0 Å². The highest BCUT2D eigenvalue weighted by Crippen LogP contribution is 2.20. The van der Waals surface area contributed by atoms with E-state index < -0.39 is 0 Å². The van der Waals surface area contributed by atoms with Crippen molar-refractivity contribution in [1.82, 2.24) is 4.98 Å². The van der Waals surface area contributed by atoms with Crippen LogP contribution in [0.1, 0.15) is 0 Å². The van der Waals surface area contributed by atoms with Gasteiger partial charge in [0.2, 0.25) is 0 Å². The number of aromatic nitrogens is 1. The summed E-state index contributed by atoms with van der Waals surface area (Å²) in [4.78, 5) is 13.8. The molecule has 0 aliphatic carbocycles. The van der Waals surface area contributed by atoms with E-state index in [9.17, 15) is 4.79 Å². The average Bonchev–Trinajstić information content (AvgIpc) is 2.15. The number of benzene rings is 1. The monoisotopic (exact) mass is 175 g/mol.